The first-order valence-electron chi connectivity index (χ1n) is 2.62. The summed E-state index contributed by atoms with van der Waals surface area (Å²) in [5, 5.41) is 2.63. The van der Waals surface area contributed by atoms with Gasteiger partial charge in [0.25, 0.3) is 0 Å². The molecule has 0 saturated carbocycles. The van der Waals surface area contributed by atoms with E-state index in [9.17, 15) is 4.79 Å². The number of alkyl halides is 1. The van der Waals surface area contributed by atoms with Crippen molar-refractivity contribution < 1.29 is 4.79 Å². The first-order valence-corrected chi connectivity index (χ1v) is 3.70. The van der Waals surface area contributed by atoms with E-state index in [0.29, 0.717) is 6.54 Å². The van der Waals surface area contributed by atoms with Crippen LogP contribution in [0.3, 0.4) is 0 Å². The standard InChI is InChI=1S/C5H7IN2O/c1-5(6)2-7-4(9)8-3-5/h2H,3H2,1H3,(H,8,9). The zero-order valence-electron chi connectivity index (χ0n) is 5.02. The minimum Gasteiger partial charge on any atom is -0.335 e. The molecule has 0 aliphatic carbocycles. The zero-order valence-corrected chi connectivity index (χ0v) is 7.18. The first-order chi connectivity index (χ1) is 4.10. The topological polar surface area (TPSA) is 41.5 Å². The summed E-state index contributed by atoms with van der Waals surface area (Å²) >= 11 is 2.24. The molecule has 0 bridgehead atoms. The Kier molecular flexibility index (Phi) is 1.74. The lowest BCUT2D eigenvalue weighted by Crippen LogP contribution is -2.40. The van der Waals surface area contributed by atoms with Gasteiger partial charge in [-0.2, -0.15) is 0 Å². The number of halogens is 1. The number of carbonyl (C=O) groups excluding carboxylic acids is 1. The summed E-state index contributed by atoms with van der Waals surface area (Å²) in [4.78, 5) is 14.0. The molecule has 3 nitrogen and oxygen atoms in total. The quantitative estimate of drug-likeness (QED) is 0.496. The van der Waals surface area contributed by atoms with Crippen LogP contribution in [0.25, 0.3) is 0 Å². The van der Waals surface area contributed by atoms with Crippen LogP contribution in [0.4, 0.5) is 4.79 Å². The van der Waals surface area contributed by atoms with E-state index in [1.165, 1.54) is 0 Å². The molecular weight excluding hydrogens is 231 g/mol. The van der Waals surface area contributed by atoms with Gasteiger partial charge in [0, 0.05) is 12.8 Å². The lowest BCUT2D eigenvalue weighted by atomic mass is 10.2. The highest BCUT2D eigenvalue weighted by atomic mass is 127. The second-order valence-corrected chi connectivity index (χ2v) is 4.66. The summed E-state index contributed by atoms with van der Waals surface area (Å²) in [5.41, 5.74) is 0. The maximum Gasteiger partial charge on any atom is 0.340 e. The average molecular weight is 238 g/mol. The third kappa shape index (κ3) is 1.92. The Bertz CT molecular complexity index is 164. The molecule has 2 amide bonds. The molecular formula is C5H7IN2O. The largest absolute Gasteiger partial charge is 0.340 e. The van der Waals surface area contributed by atoms with E-state index in [0.717, 1.165) is 0 Å². The lowest BCUT2D eigenvalue weighted by Gasteiger charge is -2.20. The van der Waals surface area contributed by atoms with E-state index < -0.39 is 0 Å². The van der Waals surface area contributed by atoms with Crippen molar-refractivity contribution in [1.29, 1.82) is 0 Å². The smallest absolute Gasteiger partial charge is 0.335 e. The van der Waals surface area contributed by atoms with Crippen LogP contribution in [-0.2, 0) is 0 Å². The Morgan fingerprint density at radius 2 is 2.67 bits per heavy atom. The Morgan fingerprint density at radius 1 is 2.00 bits per heavy atom. The predicted octanol–water partition coefficient (Wildman–Crippen LogP) is 0.974. The molecule has 0 aromatic carbocycles. The molecule has 9 heavy (non-hydrogen) atoms. The molecule has 0 saturated heterocycles. The van der Waals surface area contributed by atoms with Gasteiger partial charge in [0.2, 0.25) is 0 Å². The number of rotatable bonds is 0. The molecule has 4 heteroatoms. The molecule has 0 spiro atoms. The number of amides is 2. The van der Waals surface area contributed by atoms with Crippen molar-refractivity contribution in [3.8, 4) is 0 Å². The second-order valence-electron chi connectivity index (χ2n) is 2.19. The van der Waals surface area contributed by atoms with Gasteiger partial charge >= 0.3 is 6.03 Å². The number of urea groups is 1. The maximum absolute atomic E-state index is 10.4. The maximum atomic E-state index is 10.4. The molecule has 1 N–H and O–H groups in total. The summed E-state index contributed by atoms with van der Waals surface area (Å²) in [6.07, 6.45) is 1.67. The minimum atomic E-state index is -0.232. The Hall–Kier alpha value is -0.130. The number of nitrogens with one attached hydrogen (secondary N) is 1. The fourth-order valence-corrected chi connectivity index (χ4v) is 0.863. The molecule has 1 unspecified atom stereocenters. The minimum absolute atomic E-state index is 0.00562. The van der Waals surface area contributed by atoms with Crippen LogP contribution in [-0.4, -0.2) is 22.2 Å². The van der Waals surface area contributed by atoms with Gasteiger partial charge in [-0.25, -0.2) is 9.79 Å². The van der Waals surface area contributed by atoms with Gasteiger partial charge in [-0.15, -0.1) is 0 Å². The van der Waals surface area contributed by atoms with Gasteiger partial charge in [-0.3, -0.25) is 0 Å². The summed E-state index contributed by atoms with van der Waals surface area (Å²) in [6, 6.07) is -0.232. The van der Waals surface area contributed by atoms with Crippen molar-refractivity contribution in [2.75, 3.05) is 6.54 Å². The summed E-state index contributed by atoms with van der Waals surface area (Å²) in [7, 11) is 0. The number of hydrogen-bond donors (Lipinski definition) is 1. The van der Waals surface area contributed by atoms with E-state index in [4.69, 9.17) is 0 Å². The van der Waals surface area contributed by atoms with Crippen molar-refractivity contribution in [1.82, 2.24) is 5.32 Å². The Labute approximate surface area is 67.1 Å². The van der Waals surface area contributed by atoms with Crippen LogP contribution >= 0.6 is 22.6 Å². The third-order valence-corrected chi connectivity index (χ3v) is 1.70. The molecule has 0 radical (unpaired) electrons. The predicted molar refractivity (Wildman–Crippen MR) is 44.3 cm³/mol. The van der Waals surface area contributed by atoms with Gasteiger partial charge < -0.3 is 5.32 Å². The molecule has 0 aromatic rings. The van der Waals surface area contributed by atoms with E-state index in [1.54, 1.807) is 6.21 Å². The van der Waals surface area contributed by atoms with Crippen molar-refractivity contribution in [3.05, 3.63) is 0 Å². The molecule has 50 valence electrons. The van der Waals surface area contributed by atoms with Gasteiger partial charge in [0.15, 0.2) is 0 Å². The van der Waals surface area contributed by atoms with E-state index in [-0.39, 0.29) is 9.45 Å². The normalized spacial score (nSPS) is 34.2. The fourth-order valence-electron chi connectivity index (χ4n) is 0.533. The van der Waals surface area contributed by atoms with Crippen LogP contribution in [0.5, 0.6) is 0 Å². The highest BCUT2D eigenvalue weighted by Gasteiger charge is 2.21. The second kappa shape index (κ2) is 2.24. The Balaban J connectivity index is 2.69. The number of nitrogens with zero attached hydrogens (tertiary/aromatic N) is 1. The summed E-state index contributed by atoms with van der Waals surface area (Å²) in [5.74, 6) is 0. The number of aliphatic imine (C=N–C) groups is 1. The molecule has 1 rings (SSSR count). The van der Waals surface area contributed by atoms with Gasteiger partial charge in [-0.1, -0.05) is 22.6 Å². The SMILES string of the molecule is CC1(I)C=NC(=O)NC1. The van der Waals surface area contributed by atoms with Crippen molar-refractivity contribution >= 4 is 34.8 Å². The van der Waals surface area contributed by atoms with E-state index >= 15 is 0 Å². The number of carbonyl (C=O) groups is 1. The van der Waals surface area contributed by atoms with E-state index in [2.05, 4.69) is 32.9 Å². The van der Waals surface area contributed by atoms with Gasteiger partial charge in [0.05, 0.1) is 3.42 Å². The molecule has 1 atom stereocenters. The van der Waals surface area contributed by atoms with Crippen LogP contribution < -0.4 is 5.32 Å². The van der Waals surface area contributed by atoms with Gasteiger partial charge in [0.1, 0.15) is 0 Å². The first kappa shape index (κ1) is 6.98. The van der Waals surface area contributed by atoms with Crippen molar-refractivity contribution in [2.45, 2.75) is 10.3 Å². The highest BCUT2D eigenvalue weighted by molar-refractivity contribution is 14.1. The summed E-state index contributed by atoms with van der Waals surface area (Å²) in [6.45, 7) is 2.69. The lowest BCUT2D eigenvalue weighted by molar-refractivity contribution is 0.248. The average Bonchev–Trinajstić information content (AvgIpc) is 1.78. The van der Waals surface area contributed by atoms with Gasteiger partial charge in [-0.05, 0) is 6.92 Å². The molecule has 1 aliphatic rings. The van der Waals surface area contributed by atoms with E-state index in [1.807, 2.05) is 6.92 Å². The third-order valence-electron chi connectivity index (χ3n) is 1.04. The summed E-state index contributed by atoms with van der Waals surface area (Å²) < 4.78 is 0.00562. The van der Waals surface area contributed by atoms with Crippen molar-refractivity contribution in [3.63, 3.8) is 0 Å². The molecule has 0 aromatic heterocycles. The monoisotopic (exact) mass is 238 g/mol. The fraction of sp³-hybridized carbons (Fsp3) is 0.600. The van der Waals surface area contributed by atoms with Crippen molar-refractivity contribution in [2.24, 2.45) is 4.99 Å². The molecule has 1 heterocycles. The Morgan fingerprint density at radius 3 is 3.00 bits per heavy atom. The van der Waals surface area contributed by atoms with Crippen LogP contribution in [0.2, 0.25) is 0 Å². The zero-order chi connectivity index (χ0) is 6.91. The highest BCUT2D eigenvalue weighted by Crippen LogP contribution is 2.15. The van der Waals surface area contributed by atoms with Crippen LogP contribution in [0, 0.1) is 0 Å². The molecule has 0 fully saturated rings. The molecule has 1 aliphatic heterocycles. The van der Waals surface area contributed by atoms with Crippen LogP contribution in [0.1, 0.15) is 6.92 Å². The van der Waals surface area contributed by atoms with Crippen LogP contribution in [0.15, 0.2) is 4.99 Å². The number of hydrogen-bond acceptors (Lipinski definition) is 1.